The van der Waals surface area contributed by atoms with Crippen molar-refractivity contribution in [2.75, 3.05) is 29.9 Å². The fraction of sp³-hybridized carbons (Fsp3) is 0.292. The van der Waals surface area contributed by atoms with Gasteiger partial charge in [0.05, 0.1) is 11.6 Å². The average molecular weight is 386 g/mol. The number of carbonyl (C=O) groups excluding carboxylic acids is 1. The highest BCUT2D eigenvalue weighted by Crippen LogP contribution is 2.26. The number of rotatable bonds is 4. The first-order chi connectivity index (χ1) is 14.1. The lowest BCUT2D eigenvalue weighted by Gasteiger charge is -2.34. The van der Waals surface area contributed by atoms with Gasteiger partial charge in [0.1, 0.15) is 0 Å². The van der Waals surface area contributed by atoms with Gasteiger partial charge in [-0.3, -0.25) is 4.79 Å². The summed E-state index contributed by atoms with van der Waals surface area (Å²) in [5, 5.41) is 8.92. The summed E-state index contributed by atoms with van der Waals surface area (Å²) in [6.07, 6.45) is 1.88. The Kier molecular flexibility index (Phi) is 5.56. The normalized spacial score (nSPS) is 16.5. The highest BCUT2D eigenvalue weighted by Gasteiger charge is 2.29. The van der Waals surface area contributed by atoms with Gasteiger partial charge in [0.25, 0.3) is 0 Å². The van der Waals surface area contributed by atoms with Gasteiger partial charge < -0.3 is 9.80 Å². The fourth-order valence-electron chi connectivity index (χ4n) is 3.94. The molecule has 0 aliphatic carbocycles. The van der Waals surface area contributed by atoms with Crippen LogP contribution in [0.2, 0.25) is 0 Å². The van der Waals surface area contributed by atoms with E-state index in [-0.39, 0.29) is 11.8 Å². The fourth-order valence-corrected chi connectivity index (χ4v) is 3.94. The minimum atomic E-state index is -0.0354. The Balaban J connectivity index is 1.47. The van der Waals surface area contributed by atoms with Crippen molar-refractivity contribution in [3.63, 3.8) is 0 Å². The molecule has 0 radical (unpaired) electrons. The molecule has 1 aliphatic heterocycles. The molecule has 0 N–H and O–H groups in total. The summed E-state index contributed by atoms with van der Waals surface area (Å²) in [5.74, 6) is 0.958. The number of amides is 1. The van der Waals surface area contributed by atoms with Crippen molar-refractivity contribution in [1.29, 1.82) is 0 Å². The van der Waals surface area contributed by atoms with E-state index in [9.17, 15) is 4.79 Å². The molecular weight excluding hydrogens is 360 g/mol. The van der Waals surface area contributed by atoms with E-state index in [4.69, 9.17) is 0 Å². The predicted molar refractivity (Wildman–Crippen MR) is 117 cm³/mol. The molecule has 1 fully saturated rings. The van der Waals surface area contributed by atoms with Gasteiger partial charge in [0.15, 0.2) is 5.82 Å². The topological polar surface area (TPSA) is 49.3 Å². The lowest BCUT2D eigenvalue weighted by molar-refractivity contribution is -0.122. The van der Waals surface area contributed by atoms with Crippen molar-refractivity contribution >= 4 is 17.4 Å². The summed E-state index contributed by atoms with van der Waals surface area (Å²) in [7, 11) is 1.85. The molecule has 0 saturated carbocycles. The number of hydrogen-bond donors (Lipinski definition) is 0. The zero-order chi connectivity index (χ0) is 20.2. The molecule has 1 amide bonds. The minimum absolute atomic E-state index is 0.0354. The number of piperidine rings is 1. The Bertz CT molecular complexity index is 972. The second-order valence-electron chi connectivity index (χ2n) is 7.61. The standard InChI is InChI=1S/C24H26N4O/c1-18-9-6-7-13-21(18)22-14-15-23(26-25-22)28-16-8-10-19(17-28)24(29)27(2)20-11-4-3-5-12-20/h3-7,9,11-15,19H,8,10,16-17H2,1-2H3. The smallest absolute Gasteiger partial charge is 0.231 e. The molecule has 1 atom stereocenters. The van der Waals surface area contributed by atoms with Gasteiger partial charge in [-0.1, -0.05) is 42.5 Å². The molecule has 29 heavy (non-hydrogen) atoms. The van der Waals surface area contributed by atoms with Crippen molar-refractivity contribution in [2.24, 2.45) is 5.92 Å². The van der Waals surface area contributed by atoms with Gasteiger partial charge in [0, 0.05) is 31.4 Å². The Morgan fingerprint density at radius 3 is 2.48 bits per heavy atom. The molecule has 4 rings (SSSR count). The Morgan fingerprint density at radius 1 is 1.00 bits per heavy atom. The molecule has 2 aromatic carbocycles. The lowest BCUT2D eigenvalue weighted by Crippen LogP contribution is -2.44. The van der Waals surface area contributed by atoms with Crippen LogP contribution in [0.5, 0.6) is 0 Å². The Labute approximate surface area is 172 Å². The van der Waals surface area contributed by atoms with E-state index >= 15 is 0 Å². The van der Waals surface area contributed by atoms with Crippen LogP contribution in [0.25, 0.3) is 11.3 Å². The maximum atomic E-state index is 13.0. The quantitative estimate of drug-likeness (QED) is 0.670. The van der Waals surface area contributed by atoms with Crippen LogP contribution < -0.4 is 9.80 Å². The monoisotopic (exact) mass is 386 g/mol. The first-order valence-corrected chi connectivity index (χ1v) is 10.1. The van der Waals surface area contributed by atoms with Crippen molar-refractivity contribution in [3.05, 3.63) is 72.3 Å². The van der Waals surface area contributed by atoms with Gasteiger partial charge in [-0.2, -0.15) is 0 Å². The van der Waals surface area contributed by atoms with E-state index in [2.05, 4.69) is 34.2 Å². The number of aryl methyl sites for hydroxylation is 1. The summed E-state index contributed by atoms with van der Waals surface area (Å²) < 4.78 is 0. The number of anilines is 2. The molecule has 2 heterocycles. The van der Waals surface area contributed by atoms with Gasteiger partial charge in [-0.05, 0) is 49.6 Å². The van der Waals surface area contributed by atoms with Gasteiger partial charge >= 0.3 is 0 Å². The summed E-state index contributed by atoms with van der Waals surface area (Å²) in [6, 6.07) is 22.0. The molecule has 3 aromatic rings. The third-order valence-electron chi connectivity index (χ3n) is 5.64. The number of para-hydroxylation sites is 1. The molecule has 1 aromatic heterocycles. The van der Waals surface area contributed by atoms with Crippen LogP contribution in [0.1, 0.15) is 18.4 Å². The number of aromatic nitrogens is 2. The van der Waals surface area contributed by atoms with Crippen LogP contribution in [0, 0.1) is 12.8 Å². The van der Waals surface area contributed by atoms with E-state index in [0.717, 1.165) is 42.1 Å². The predicted octanol–water partition coefficient (Wildman–Crippen LogP) is 4.33. The molecule has 0 bridgehead atoms. The Hall–Kier alpha value is -3.21. The van der Waals surface area contributed by atoms with Gasteiger partial charge in [-0.25, -0.2) is 0 Å². The zero-order valence-corrected chi connectivity index (χ0v) is 17.0. The van der Waals surface area contributed by atoms with Crippen LogP contribution in [0.15, 0.2) is 66.7 Å². The SMILES string of the molecule is Cc1ccccc1-c1ccc(N2CCCC(C(=O)N(C)c3ccccc3)C2)nn1. The van der Waals surface area contributed by atoms with E-state index in [1.807, 2.05) is 61.6 Å². The van der Waals surface area contributed by atoms with Crippen molar-refractivity contribution in [3.8, 4) is 11.3 Å². The third-order valence-corrected chi connectivity index (χ3v) is 5.64. The number of benzene rings is 2. The van der Waals surface area contributed by atoms with Crippen LogP contribution >= 0.6 is 0 Å². The first kappa shape index (κ1) is 19.1. The second-order valence-corrected chi connectivity index (χ2v) is 7.61. The molecule has 148 valence electrons. The van der Waals surface area contributed by atoms with E-state index in [1.165, 1.54) is 5.56 Å². The van der Waals surface area contributed by atoms with E-state index in [0.29, 0.717) is 6.54 Å². The minimum Gasteiger partial charge on any atom is -0.354 e. The highest BCUT2D eigenvalue weighted by atomic mass is 16.2. The molecule has 0 spiro atoms. The first-order valence-electron chi connectivity index (χ1n) is 10.1. The third kappa shape index (κ3) is 4.14. The van der Waals surface area contributed by atoms with Gasteiger partial charge in [-0.15, -0.1) is 10.2 Å². The largest absolute Gasteiger partial charge is 0.354 e. The van der Waals surface area contributed by atoms with Crippen LogP contribution in [-0.4, -0.2) is 36.2 Å². The highest BCUT2D eigenvalue weighted by molar-refractivity contribution is 5.95. The lowest BCUT2D eigenvalue weighted by atomic mass is 9.96. The van der Waals surface area contributed by atoms with Gasteiger partial charge in [0.2, 0.25) is 5.91 Å². The number of hydrogen-bond acceptors (Lipinski definition) is 4. The van der Waals surface area contributed by atoms with Crippen molar-refractivity contribution in [1.82, 2.24) is 10.2 Å². The number of nitrogens with zero attached hydrogens (tertiary/aromatic N) is 4. The van der Waals surface area contributed by atoms with Crippen LogP contribution in [-0.2, 0) is 4.79 Å². The van der Waals surface area contributed by atoms with E-state index in [1.54, 1.807) is 4.90 Å². The Morgan fingerprint density at radius 2 is 1.76 bits per heavy atom. The average Bonchev–Trinajstić information content (AvgIpc) is 2.79. The molecule has 1 unspecified atom stereocenters. The van der Waals surface area contributed by atoms with E-state index < -0.39 is 0 Å². The van der Waals surface area contributed by atoms with Crippen molar-refractivity contribution < 1.29 is 4.79 Å². The van der Waals surface area contributed by atoms with Crippen molar-refractivity contribution in [2.45, 2.75) is 19.8 Å². The van der Waals surface area contributed by atoms with Crippen LogP contribution in [0.3, 0.4) is 0 Å². The molecule has 5 nitrogen and oxygen atoms in total. The zero-order valence-electron chi connectivity index (χ0n) is 17.0. The molecule has 1 saturated heterocycles. The maximum Gasteiger partial charge on any atom is 0.231 e. The summed E-state index contributed by atoms with van der Waals surface area (Å²) >= 11 is 0. The number of carbonyl (C=O) groups is 1. The second kappa shape index (κ2) is 8.43. The summed E-state index contributed by atoms with van der Waals surface area (Å²) in [5.41, 5.74) is 4.09. The van der Waals surface area contributed by atoms with Crippen LogP contribution in [0.4, 0.5) is 11.5 Å². The summed E-state index contributed by atoms with van der Waals surface area (Å²) in [4.78, 5) is 17.0. The maximum absolute atomic E-state index is 13.0. The molecule has 1 aliphatic rings. The summed E-state index contributed by atoms with van der Waals surface area (Å²) in [6.45, 7) is 3.65. The molecule has 5 heteroatoms. The molecular formula is C24H26N4O.